The van der Waals surface area contributed by atoms with E-state index in [4.69, 9.17) is 0 Å². The number of rotatable bonds is 3. The molecule has 2 N–H and O–H groups in total. The fourth-order valence-corrected chi connectivity index (χ4v) is 4.29. The summed E-state index contributed by atoms with van der Waals surface area (Å²) in [6, 6.07) is 8.80. The first kappa shape index (κ1) is 15.8. The second-order valence-electron chi connectivity index (χ2n) is 7.47. The molecule has 3 atom stereocenters. The zero-order chi connectivity index (χ0) is 16.4. The minimum Gasteiger partial charge on any atom is -0.381 e. The van der Waals surface area contributed by atoms with E-state index in [0.717, 1.165) is 49.8 Å². The van der Waals surface area contributed by atoms with Crippen LogP contribution in [0.15, 0.2) is 24.3 Å². The molecular weight excluding hydrogens is 300 g/mol. The molecule has 0 aromatic heterocycles. The molecule has 3 aliphatic heterocycles. The highest BCUT2D eigenvalue weighted by molar-refractivity contribution is 5.89. The Morgan fingerprint density at radius 2 is 1.62 bits per heavy atom. The number of carbonyl (C=O) groups excluding carboxylic acids is 1. The van der Waals surface area contributed by atoms with Crippen LogP contribution in [-0.2, 0) is 0 Å². The molecule has 5 heteroatoms. The van der Waals surface area contributed by atoms with E-state index in [1.54, 1.807) is 0 Å². The summed E-state index contributed by atoms with van der Waals surface area (Å²) in [6.45, 7) is 5.44. The number of piperidine rings is 1. The summed E-state index contributed by atoms with van der Waals surface area (Å²) in [5, 5.41) is 6.70. The standard InChI is InChI=1S/C19H28N4O/c24-19(23-10-3-1-2-4-11-23)21-17-7-5-16(6-8-17)20-18-14-22-12-9-15(18)13-22/h5-8,15,18,20H,1-4,9-14H2,(H,21,24). The summed E-state index contributed by atoms with van der Waals surface area (Å²) < 4.78 is 0. The number of benzene rings is 1. The van der Waals surface area contributed by atoms with Crippen LogP contribution >= 0.6 is 0 Å². The molecule has 2 bridgehead atoms. The summed E-state index contributed by atoms with van der Waals surface area (Å²) in [7, 11) is 0. The third-order valence-corrected chi connectivity index (χ3v) is 5.71. The number of likely N-dealkylation sites (tertiary alicyclic amines) is 1. The fraction of sp³-hybridized carbons (Fsp3) is 0.632. The second kappa shape index (κ2) is 7.01. The third-order valence-electron chi connectivity index (χ3n) is 5.71. The number of carbonyl (C=O) groups is 1. The monoisotopic (exact) mass is 328 g/mol. The van der Waals surface area contributed by atoms with Gasteiger partial charge in [-0.2, -0.15) is 0 Å². The lowest BCUT2D eigenvalue weighted by Gasteiger charge is -2.24. The van der Waals surface area contributed by atoms with Crippen LogP contribution in [0.2, 0.25) is 0 Å². The Morgan fingerprint density at radius 3 is 2.25 bits per heavy atom. The Morgan fingerprint density at radius 1 is 0.917 bits per heavy atom. The Kier molecular flexibility index (Phi) is 4.60. The SMILES string of the molecule is O=C(Nc1ccc(NC2CN3CCC2C3)cc1)N1CCCCCC1. The molecule has 2 amide bonds. The molecule has 3 unspecified atom stereocenters. The summed E-state index contributed by atoms with van der Waals surface area (Å²) in [5.74, 6) is 0.799. The number of nitrogens with zero attached hydrogens (tertiary/aromatic N) is 2. The fourth-order valence-electron chi connectivity index (χ4n) is 4.29. The highest BCUT2D eigenvalue weighted by atomic mass is 16.2. The Hall–Kier alpha value is -1.75. The van der Waals surface area contributed by atoms with Crippen molar-refractivity contribution in [1.29, 1.82) is 0 Å². The molecular formula is C19H28N4O. The van der Waals surface area contributed by atoms with Crippen LogP contribution in [0.5, 0.6) is 0 Å². The van der Waals surface area contributed by atoms with Gasteiger partial charge in [-0.15, -0.1) is 0 Å². The first-order chi connectivity index (χ1) is 11.8. The molecule has 130 valence electrons. The Labute approximate surface area is 144 Å². The van der Waals surface area contributed by atoms with Gasteiger partial charge in [-0.05, 0) is 56.0 Å². The van der Waals surface area contributed by atoms with Crippen molar-refractivity contribution in [2.24, 2.45) is 5.92 Å². The molecule has 1 aromatic rings. The summed E-state index contributed by atoms with van der Waals surface area (Å²) in [6.07, 6.45) is 6.04. The molecule has 3 saturated heterocycles. The van der Waals surface area contributed by atoms with E-state index >= 15 is 0 Å². The summed E-state index contributed by atoms with van der Waals surface area (Å²) in [5.41, 5.74) is 2.04. The lowest BCUT2D eigenvalue weighted by atomic mass is 10.00. The van der Waals surface area contributed by atoms with Crippen molar-refractivity contribution in [2.45, 2.75) is 38.1 Å². The first-order valence-electron chi connectivity index (χ1n) is 9.43. The number of hydrogen-bond donors (Lipinski definition) is 2. The van der Waals surface area contributed by atoms with E-state index in [9.17, 15) is 4.79 Å². The van der Waals surface area contributed by atoms with E-state index in [2.05, 4.69) is 27.7 Å². The van der Waals surface area contributed by atoms with Gasteiger partial charge in [-0.1, -0.05) is 12.8 Å². The van der Waals surface area contributed by atoms with Gasteiger partial charge in [0, 0.05) is 43.6 Å². The topological polar surface area (TPSA) is 47.6 Å². The van der Waals surface area contributed by atoms with Crippen molar-refractivity contribution in [3.8, 4) is 0 Å². The molecule has 3 aliphatic rings. The van der Waals surface area contributed by atoms with Gasteiger partial charge in [0.25, 0.3) is 0 Å². The molecule has 0 aliphatic carbocycles. The van der Waals surface area contributed by atoms with Crippen LogP contribution in [-0.4, -0.2) is 54.6 Å². The van der Waals surface area contributed by atoms with Gasteiger partial charge in [0.05, 0.1) is 0 Å². The highest BCUT2D eigenvalue weighted by Crippen LogP contribution is 2.30. The predicted octanol–water partition coefficient (Wildman–Crippen LogP) is 3.21. The van der Waals surface area contributed by atoms with Crippen LogP contribution in [0.4, 0.5) is 16.2 Å². The molecule has 3 heterocycles. The van der Waals surface area contributed by atoms with E-state index in [0.29, 0.717) is 6.04 Å². The van der Waals surface area contributed by atoms with Gasteiger partial charge in [0.15, 0.2) is 0 Å². The lowest BCUT2D eigenvalue weighted by Crippen LogP contribution is -2.35. The van der Waals surface area contributed by atoms with Gasteiger partial charge in [0.1, 0.15) is 0 Å². The molecule has 4 rings (SSSR count). The maximum absolute atomic E-state index is 12.4. The van der Waals surface area contributed by atoms with Gasteiger partial charge >= 0.3 is 6.03 Å². The van der Waals surface area contributed by atoms with Crippen LogP contribution in [0.25, 0.3) is 0 Å². The zero-order valence-corrected chi connectivity index (χ0v) is 14.3. The number of nitrogens with one attached hydrogen (secondary N) is 2. The lowest BCUT2D eigenvalue weighted by molar-refractivity contribution is 0.214. The largest absolute Gasteiger partial charge is 0.381 e. The quantitative estimate of drug-likeness (QED) is 0.896. The summed E-state index contributed by atoms with van der Waals surface area (Å²) in [4.78, 5) is 16.9. The van der Waals surface area contributed by atoms with Crippen LogP contribution in [0, 0.1) is 5.92 Å². The molecule has 24 heavy (non-hydrogen) atoms. The average Bonchev–Trinajstić information content (AvgIpc) is 3.10. The van der Waals surface area contributed by atoms with Crippen molar-refractivity contribution in [2.75, 3.05) is 43.4 Å². The van der Waals surface area contributed by atoms with Gasteiger partial charge in [-0.25, -0.2) is 4.79 Å². The van der Waals surface area contributed by atoms with Crippen molar-refractivity contribution in [3.63, 3.8) is 0 Å². The normalized spacial score (nSPS) is 29.3. The van der Waals surface area contributed by atoms with Crippen molar-refractivity contribution >= 4 is 17.4 Å². The van der Waals surface area contributed by atoms with Crippen molar-refractivity contribution in [1.82, 2.24) is 9.80 Å². The first-order valence-corrected chi connectivity index (χ1v) is 9.43. The molecule has 5 nitrogen and oxygen atoms in total. The van der Waals surface area contributed by atoms with Crippen LogP contribution < -0.4 is 10.6 Å². The van der Waals surface area contributed by atoms with E-state index in [1.165, 1.54) is 32.4 Å². The molecule has 3 fully saturated rings. The van der Waals surface area contributed by atoms with Crippen LogP contribution in [0.1, 0.15) is 32.1 Å². The van der Waals surface area contributed by atoms with Crippen molar-refractivity contribution < 1.29 is 4.79 Å². The number of amides is 2. The molecule has 0 spiro atoms. The van der Waals surface area contributed by atoms with Crippen molar-refractivity contribution in [3.05, 3.63) is 24.3 Å². The molecule has 0 radical (unpaired) electrons. The highest BCUT2D eigenvalue weighted by Gasteiger charge is 2.37. The zero-order valence-electron chi connectivity index (χ0n) is 14.3. The van der Waals surface area contributed by atoms with Crippen LogP contribution in [0.3, 0.4) is 0 Å². The smallest absolute Gasteiger partial charge is 0.321 e. The number of urea groups is 1. The number of anilines is 2. The molecule has 1 aromatic carbocycles. The Balaban J connectivity index is 1.31. The van der Waals surface area contributed by atoms with Gasteiger partial charge < -0.3 is 20.4 Å². The number of hydrogen-bond acceptors (Lipinski definition) is 3. The second-order valence-corrected chi connectivity index (χ2v) is 7.47. The maximum atomic E-state index is 12.4. The average molecular weight is 328 g/mol. The minimum atomic E-state index is 0.0403. The van der Waals surface area contributed by atoms with E-state index in [-0.39, 0.29) is 6.03 Å². The van der Waals surface area contributed by atoms with Gasteiger partial charge in [-0.3, -0.25) is 0 Å². The summed E-state index contributed by atoms with van der Waals surface area (Å²) >= 11 is 0. The molecule has 0 saturated carbocycles. The third kappa shape index (κ3) is 3.51. The predicted molar refractivity (Wildman–Crippen MR) is 97.5 cm³/mol. The van der Waals surface area contributed by atoms with E-state index < -0.39 is 0 Å². The number of fused-ring (bicyclic) bond motifs is 2. The maximum Gasteiger partial charge on any atom is 0.321 e. The minimum absolute atomic E-state index is 0.0403. The van der Waals surface area contributed by atoms with Gasteiger partial charge in [0.2, 0.25) is 0 Å². The Bertz CT molecular complexity index is 565. The van der Waals surface area contributed by atoms with E-state index in [1.807, 2.05) is 17.0 Å².